The van der Waals surface area contributed by atoms with Gasteiger partial charge in [-0.25, -0.2) is 9.18 Å². The van der Waals surface area contributed by atoms with Crippen molar-refractivity contribution in [2.24, 2.45) is 0 Å². The van der Waals surface area contributed by atoms with Crippen LogP contribution in [-0.2, 0) is 6.54 Å². The fourth-order valence-electron chi connectivity index (χ4n) is 1.84. The van der Waals surface area contributed by atoms with Crippen LogP contribution in [0.3, 0.4) is 0 Å². The largest absolute Gasteiger partial charge is 0.478 e. The van der Waals surface area contributed by atoms with E-state index in [4.69, 9.17) is 5.11 Å². The molecule has 104 valence electrons. The first kappa shape index (κ1) is 14.5. The quantitative estimate of drug-likeness (QED) is 0.878. The average Bonchev–Trinajstić information content (AvgIpc) is 2.41. The summed E-state index contributed by atoms with van der Waals surface area (Å²) in [4.78, 5) is 10.8. The number of rotatable bonds is 4. The Morgan fingerprint density at radius 2 is 2.05 bits per heavy atom. The first-order chi connectivity index (χ1) is 9.47. The molecule has 5 heteroatoms. The minimum atomic E-state index is -0.949. The summed E-state index contributed by atoms with van der Waals surface area (Å²) in [7, 11) is 0. The summed E-state index contributed by atoms with van der Waals surface area (Å²) in [5.41, 5.74) is 2.73. The molecule has 0 atom stereocenters. The van der Waals surface area contributed by atoms with Gasteiger partial charge in [0, 0.05) is 12.2 Å². The van der Waals surface area contributed by atoms with Crippen molar-refractivity contribution in [3.05, 3.63) is 63.4 Å². The Morgan fingerprint density at radius 3 is 2.65 bits per heavy atom. The summed E-state index contributed by atoms with van der Waals surface area (Å²) in [6.07, 6.45) is 0. The van der Waals surface area contributed by atoms with Crippen LogP contribution in [0, 0.1) is 12.7 Å². The van der Waals surface area contributed by atoms with Gasteiger partial charge in [-0.2, -0.15) is 0 Å². The number of nitrogens with one attached hydrogen (secondary N) is 1. The zero-order valence-electron chi connectivity index (χ0n) is 10.8. The highest BCUT2D eigenvalue weighted by Gasteiger charge is 2.06. The third-order valence-corrected chi connectivity index (χ3v) is 3.58. The van der Waals surface area contributed by atoms with Crippen molar-refractivity contribution < 1.29 is 14.3 Å². The van der Waals surface area contributed by atoms with Gasteiger partial charge in [0.05, 0.1) is 10.0 Å². The maximum atomic E-state index is 13.4. The maximum Gasteiger partial charge on any atom is 0.335 e. The van der Waals surface area contributed by atoms with Crippen molar-refractivity contribution in [3.63, 3.8) is 0 Å². The molecule has 2 rings (SSSR count). The predicted octanol–water partition coefficient (Wildman–Crippen LogP) is 4.21. The maximum absolute atomic E-state index is 13.4. The fourth-order valence-corrected chi connectivity index (χ4v) is 2.09. The number of aryl methyl sites for hydroxylation is 1. The van der Waals surface area contributed by atoms with E-state index in [1.165, 1.54) is 6.07 Å². The molecule has 0 saturated heterocycles. The van der Waals surface area contributed by atoms with Crippen LogP contribution >= 0.6 is 15.9 Å². The van der Waals surface area contributed by atoms with Gasteiger partial charge >= 0.3 is 5.97 Å². The number of hydrogen-bond acceptors (Lipinski definition) is 2. The summed E-state index contributed by atoms with van der Waals surface area (Å²) in [5.74, 6) is -1.25. The van der Waals surface area contributed by atoms with E-state index >= 15 is 0 Å². The van der Waals surface area contributed by atoms with E-state index in [-0.39, 0.29) is 11.4 Å². The van der Waals surface area contributed by atoms with Crippen molar-refractivity contribution in [1.82, 2.24) is 0 Å². The van der Waals surface area contributed by atoms with Crippen molar-refractivity contribution in [2.75, 3.05) is 5.32 Å². The predicted molar refractivity (Wildman–Crippen MR) is 79.6 cm³/mol. The molecule has 3 nitrogen and oxygen atoms in total. The summed E-state index contributed by atoms with van der Waals surface area (Å²) in [6, 6.07) is 9.80. The lowest BCUT2D eigenvalue weighted by molar-refractivity contribution is 0.0697. The lowest BCUT2D eigenvalue weighted by Gasteiger charge is -2.10. The molecule has 0 fully saturated rings. The number of carboxylic acid groups (broad SMARTS) is 1. The van der Waals surface area contributed by atoms with E-state index in [9.17, 15) is 9.18 Å². The van der Waals surface area contributed by atoms with Gasteiger partial charge in [-0.1, -0.05) is 6.07 Å². The van der Waals surface area contributed by atoms with E-state index in [0.717, 1.165) is 16.8 Å². The van der Waals surface area contributed by atoms with Gasteiger partial charge in [0.1, 0.15) is 5.82 Å². The van der Waals surface area contributed by atoms with E-state index in [1.54, 1.807) is 24.3 Å². The van der Waals surface area contributed by atoms with E-state index < -0.39 is 5.97 Å². The van der Waals surface area contributed by atoms with Gasteiger partial charge in [-0.15, -0.1) is 0 Å². The third-order valence-electron chi connectivity index (χ3n) is 2.94. The molecule has 0 aliphatic rings. The lowest BCUT2D eigenvalue weighted by Crippen LogP contribution is -2.03. The Kier molecular flexibility index (Phi) is 4.39. The van der Waals surface area contributed by atoms with Crippen LogP contribution in [0.1, 0.15) is 21.5 Å². The Morgan fingerprint density at radius 1 is 1.30 bits per heavy atom. The zero-order valence-corrected chi connectivity index (χ0v) is 12.4. The molecule has 0 heterocycles. The average molecular weight is 338 g/mol. The summed E-state index contributed by atoms with van der Waals surface area (Å²) < 4.78 is 13.8. The van der Waals surface area contributed by atoms with Crippen LogP contribution in [0.4, 0.5) is 10.1 Å². The molecule has 2 aromatic carbocycles. The van der Waals surface area contributed by atoms with Crippen LogP contribution in [0.15, 0.2) is 40.9 Å². The van der Waals surface area contributed by atoms with Crippen LogP contribution in [0.5, 0.6) is 0 Å². The van der Waals surface area contributed by atoms with Gasteiger partial charge in [0.15, 0.2) is 0 Å². The monoisotopic (exact) mass is 337 g/mol. The van der Waals surface area contributed by atoms with E-state index in [0.29, 0.717) is 11.0 Å². The molecule has 0 radical (unpaired) electrons. The highest BCUT2D eigenvalue weighted by atomic mass is 79.9. The SMILES string of the molecule is Cc1cc(C(=O)O)ccc1NCc1ccc(Br)c(F)c1. The molecule has 0 bridgehead atoms. The van der Waals surface area contributed by atoms with Crippen LogP contribution < -0.4 is 5.32 Å². The number of carbonyl (C=O) groups is 1. The highest BCUT2D eigenvalue weighted by Crippen LogP contribution is 2.20. The van der Waals surface area contributed by atoms with Crippen molar-refractivity contribution >= 4 is 27.6 Å². The first-order valence-electron chi connectivity index (χ1n) is 5.99. The zero-order chi connectivity index (χ0) is 14.7. The van der Waals surface area contributed by atoms with Crippen LogP contribution in [-0.4, -0.2) is 11.1 Å². The second-order valence-corrected chi connectivity index (χ2v) is 5.29. The van der Waals surface area contributed by atoms with E-state index in [1.807, 2.05) is 13.0 Å². The molecule has 2 N–H and O–H groups in total. The smallest absolute Gasteiger partial charge is 0.335 e. The molecule has 0 unspecified atom stereocenters. The molecule has 0 saturated carbocycles. The molecule has 0 aromatic heterocycles. The molecular formula is C15H13BrFNO2. The standard InChI is InChI=1S/C15H13BrFNO2/c1-9-6-11(15(19)20)3-5-14(9)18-8-10-2-4-12(16)13(17)7-10/h2-7,18H,8H2,1H3,(H,19,20). The number of anilines is 1. The Hall–Kier alpha value is -1.88. The highest BCUT2D eigenvalue weighted by molar-refractivity contribution is 9.10. The van der Waals surface area contributed by atoms with Crippen molar-refractivity contribution in [3.8, 4) is 0 Å². The second-order valence-electron chi connectivity index (χ2n) is 4.44. The van der Waals surface area contributed by atoms with Gasteiger partial charge in [0.25, 0.3) is 0 Å². The molecule has 0 aliphatic carbocycles. The fraction of sp³-hybridized carbons (Fsp3) is 0.133. The minimum Gasteiger partial charge on any atom is -0.478 e. The molecular weight excluding hydrogens is 325 g/mol. The van der Waals surface area contributed by atoms with Gasteiger partial charge < -0.3 is 10.4 Å². The number of carboxylic acids is 1. The Labute approximate surface area is 124 Å². The Balaban J connectivity index is 2.10. The van der Waals surface area contributed by atoms with Crippen LogP contribution in [0.2, 0.25) is 0 Å². The third kappa shape index (κ3) is 3.36. The molecule has 0 spiro atoms. The van der Waals surface area contributed by atoms with Crippen LogP contribution in [0.25, 0.3) is 0 Å². The Bertz CT molecular complexity index is 658. The molecule has 0 amide bonds. The molecule has 20 heavy (non-hydrogen) atoms. The minimum absolute atomic E-state index is 0.253. The molecule has 0 aliphatic heterocycles. The van der Waals surface area contributed by atoms with E-state index in [2.05, 4.69) is 21.2 Å². The second kappa shape index (κ2) is 6.05. The summed E-state index contributed by atoms with van der Waals surface area (Å²) >= 11 is 3.11. The number of halogens is 2. The lowest BCUT2D eigenvalue weighted by atomic mass is 10.1. The van der Waals surface area contributed by atoms with Crippen molar-refractivity contribution in [1.29, 1.82) is 0 Å². The summed E-state index contributed by atoms with van der Waals surface area (Å²) in [5, 5.41) is 12.1. The normalized spacial score (nSPS) is 10.3. The molecule has 2 aromatic rings. The summed E-state index contributed by atoms with van der Waals surface area (Å²) in [6.45, 7) is 2.30. The topological polar surface area (TPSA) is 49.3 Å². The van der Waals surface area contributed by atoms with Gasteiger partial charge in [-0.3, -0.25) is 0 Å². The number of hydrogen-bond donors (Lipinski definition) is 2. The van der Waals surface area contributed by atoms with Gasteiger partial charge in [0.2, 0.25) is 0 Å². The first-order valence-corrected chi connectivity index (χ1v) is 6.78. The number of aromatic carboxylic acids is 1. The number of benzene rings is 2. The van der Waals surface area contributed by atoms with Gasteiger partial charge in [-0.05, 0) is 64.3 Å². The van der Waals surface area contributed by atoms with Crippen molar-refractivity contribution in [2.45, 2.75) is 13.5 Å².